The molecule has 0 radical (unpaired) electrons. The van der Waals surface area contributed by atoms with E-state index in [4.69, 9.17) is 9.79 Å². The van der Waals surface area contributed by atoms with Gasteiger partial charge >= 0.3 is 7.82 Å². The summed E-state index contributed by atoms with van der Waals surface area (Å²) >= 11 is 0. The van der Waals surface area contributed by atoms with Crippen LogP contribution in [0.4, 0.5) is 0 Å². The highest BCUT2D eigenvalue weighted by Crippen LogP contribution is 2.61. The number of rotatable bonds is 13. The summed E-state index contributed by atoms with van der Waals surface area (Å²) in [7, 11) is -3.76. The molecule has 0 atom stereocenters. The predicted octanol–water partition coefficient (Wildman–Crippen LogP) is 5.93. The maximum absolute atomic E-state index is 9.47. The molecule has 0 fully saturated rings. The van der Waals surface area contributed by atoms with Gasteiger partial charge in [0.25, 0.3) is 0 Å². The van der Waals surface area contributed by atoms with Gasteiger partial charge in [0.05, 0.1) is 24.6 Å². The van der Waals surface area contributed by atoms with Crippen LogP contribution in [-0.2, 0) is 9.09 Å². The average molecular weight is 371 g/mol. The van der Waals surface area contributed by atoms with Crippen LogP contribution in [0.5, 0.6) is 0 Å². The fraction of sp³-hybridized carbons (Fsp3) is 1.00. The molecule has 23 heavy (non-hydrogen) atoms. The van der Waals surface area contributed by atoms with Crippen LogP contribution < -0.4 is 0 Å². The predicted molar refractivity (Wildman–Crippen MR) is 105 cm³/mol. The molecule has 6 heteroatoms. The molecule has 0 aromatic rings. The quantitative estimate of drug-likeness (QED) is 0.394. The normalized spacial score (nSPS) is 12.0. The van der Waals surface area contributed by atoms with Crippen LogP contribution in [0.2, 0.25) is 0 Å². The summed E-state index contributed by atoms with van der Waals surface area (Å²) in [6.45, 7) is 9.42. The molecule has 0 saturated carbocycles. The lowest BCUT2D eigenvalue weighted by Gasteiger charge is -2.28. The lowest BCUT2D eigenvalue weighted by Crippen LogP contribution is -2.12. The summed E-state index contributed by atoms with van der Waals surface area (Å²) < 4.78 is 13.1. The third-order valence-electron chi connectivity index (χ3n) is 4.18. The summed E-state index contributed by atoms with van der Waals surface area (Å²) in [5.41, 5.74) is 0. The third kappa shape index (κ3) is 17.2. The van der Waals surface area contributed by atoms with Crippen molar-refractivity contribution in [1.82, 2.24) is 0 Å². The molecule has 0 amide bonds. The van der Waals surface area contributed by atoms with E-state index in [0.717, 1.165) is 7.11 Å². The standard InChI is InChI=1S/C16H36P.CH5O4P/c1-5-9-13-17(14-10-6-2,15-11-7-3)16-12-8-4;1-5-6(2,3)4/h5-16H2,1-4H3;1H3,(H2,2,3,4)/q+1;. The van der Waals surface area contributed by atoms with Crippen LogP contribution in [0.3, 0.4) is 0 Å². The number of hydrogen-bond donors (Lipinski definition) is 2. The number of unbranched alkanes of at least 4 members (excludes halogenated alkanes) is 4. The molecule has 0 aliphatic rings. The zero-order valence-electron chi connectivity index (χ0n) is 16.1. The van der Waals surface area contributed by atoms with E-state index in [2.05, 4.69) is 32.2 Å². The summed E-state index contributed by atoms with van der Waals surface area (Å²) in [5, 5.41) is 0. The maximum atomic E-state index is 9.47. The summed E-state index contributed by atoms with van der Waals surface area (Å²) in [4.78, 5) is 15.4. The van der Waals surface area contributed by atoms with Crippen LogP contribution in [0.15, 0.2) is 0 Å². The van der Waals surface area contributed by atoms with Gasteiger partial charge in [-0.1, -0.05) is 53.4 Å². The zero-order chi connectivity index (χ0) is 18.2. The highest BCUT2D eigenvalue weighted by molar-refractivity contribution is 7.75. The van der Waals surface area contributed by atoms with E-state index in [1.54, 1.807) is 24.6 Å². The van der Waals surface area contributed by atoms with Crippen molar-refractivity contribution in [2.75, 3.05) is 31.8 Å². The van der Waals surface area contributed by atoms with E-state index >= 15 is 0 Å². The van der Waals surface area contributed by atoms with Gasteiger partial charge in [-0.25, -0.2) is 4.57 Å². The lowest BCUT2D eigenvalue weighted by atomic mass is 10.4. The van der Waals surface area contributed by atoms with Gasteiger partial charge in [0, 0.05) is 14.4 Å². The first-order valence-electron chi connectivity index (χ1n) is 9.27. The highest BCUT2D eigenvalue weighted by atomic mass is 31.2. The molecule has 0 aromatic heterocycles. The summed E-state index contributed by atoms with van der Waals surface area (Å²) in [6, 6.07) is 0. The summed E-state index contributed by atoms with van der Waals surface area (Å²) in [5.74, 6) is 0. The largest absolute Gasteiger partial charge is 0.469 e. The molecule has 0 bridgehead atoms. The Balaban J connectivity index is 0. The second-order valence-electron chi connectivity index (χ2n) is 6.32. The smallest absolute Gasteiger partial charge is 0.303 e. The topological polar surface area (TPSA) is 66.8 Å². The monoisotopic (exact) mass is 371 g/mol. The van der Waals surface area contributed by atoms with Crippen LogP contribution in [0, 0.1) is 0 Å². The molecule has 0 rings (SSSR count). The Bertz CT molecular complexity index is 255. The molecule has 0 spiro atoms. The Labute approximate surface area is 145 Å². The molecular formula is C17H41O4P2+. The van der Waals surface area contributed by atoms with Crippen LogP contribution in [0.25, 0.3) is 0 Å². The van der Waals surface area contributed by atoms with Gasteiger partial charge in [0.1, 0.15) is 0 Å². The van der Waals surface area contributed by atoms with Gasteiger partial charge in [0.15, 0.2) is 0 Å². The van der Waals surface area contributed by atoms with Crippen molar-refractivity contribution in [3.63, 3.8) is 0 Å². The molecule has 0 aliphatic carbocycles. The molecule has 0 aliphatic heterocycles. The van der Waals surface area contributed by atoms with Crippen molar-refractivity contribution in [2.45, 2.75) is 79.1 Å². The first kappa shape index (κ1) is 25.8. The second-order valence-corrected chi connectivity index (χ2v) is 12.1. The van der Waals surface area contributed by atoms with E-state index in [-0.39, 0.29) is 0 Å². The fourth-order valence-electron chi connectivity index (χ4n) is 2.64. The van der Waals surface area contributed by atoms with Crippen LogP contribution in [-0.4, -0.2) is 41.5 Å². The Morgan fingerprint density at radius 1 is 0.739 bits per heavy atom. The van der Waals surface area contributed by atoms with Gasteiger partial charge < -0.3 is 9.79 Å². The van der Waals surface area contributed by atoms with Crippen molar-refractivity contribution in [3.8, 4) is 0 Å². The van der Waals surface area contributed by atoms with Crippen molar-refractivity contribution < 1.29 is 18.9 Å². The van der Waals surface area contributed by atoms with Crippen molar-refractivity contribution in [3.05, 3.63) is 0 Å². The molecule has 142 valence electrons. The minimum absolute atomic E-state index is 0.562. The SMILES string of the molecule is CCCC[P+](CCCC)(CCCC)CCCC.COP(=O)(O)O. The Hall–Kier alpha value is 0.540. The molecular weight excluding hydrogens is 330 g/mol. The van der Waals surface area contributed by atoms with Gasteiger partial charge in [-0.05, 0) is 25.7 Å². The van der Waals surface area contributed by atoms with E-state index in [0.29, 0.717) is 0 Å². The zero-order valence-corrected chi connectivity index (χ0v) is 17.9. The van der Waals surface area contributed by atoms with E-state index in [1.165, 1.54) is 51.4 Å². The van der Waals surface area contributed by atoms with E-state index < -0.39 is 15.1 Å². The van der Waals surface area contributed by atoms with Gasteiger partial charge in [-0.3, -0.25) is 4.52 Å². The number of phosphoric ester groups is 1. The highest BCUT2D eigenvalue weighted by Gasteiger charge is 2.34. The number of phosphoric acid groups is 1. The van der Waals surface area contributed by atoms with Crippen molar-refractivity contribution in [2.24, 2.45) is 0 Å². The van der Waals surface area contributed by atoms with Gasteiger partial charge in [-0.2, -0.15) is 0 Å². The molecule has 0 heterocycles. The maximum Gasteiger partial charge on any atom is 0.469 e. The Morgan fingerprint density at radius 2 is 0.957 bits per heavy atom. The average Bonchev–Trinajstić information content (AvgIpc) is 2.53. The lowest BCUT2D eigenvalue weighted by molar-refractivity contribution is 0.235. The third-order valence-corrected chi connectivity index (χ3v) is 9.72. The molecule has 0 unspecified atom stereocenters. The Kier molecular flexibility index (Phi) is 18.0. The molecule has 0 saturated heterocycles. The first-order chi connectivity index (χ1) is 10.8. The molecule has 2 N–H and O–H groups in total. The molecule has 0 aromatic carbocycles. The minimum atomic E-state index is -4.15. The molecule has 4 nitrogen and oxygen atoms in total. The van der Waals surface area contributed by atoms with Crippen LogP contribution >= 0.6 is 15.1 Å². The van der Waals surface area contributed by atoms with Crippen molar-refractivity contribution >= 4 is 15.1 Å². The number of hydrogen-bond acceptors (Lipinski definition) is 2. The van der Waals surface area contributed by atoms with Crippen LogP contribution in [0.1, 0.15) is 79.1 Å². The van der Waals surface area contributed by atoms with Gasteiger partial charge in [-0.15, -0.1) is 0 Å². The van der Waals surface area contributed by atoms with E-state index in [1.807, 2.05) is 0 Å². The first-order valence-corrected chi connectivity index (χ1v) is 13.3. The van der Waals surface area contributed by atoms with E-state index in [9.17, 15) is 4.57 Å². The summed E-state index contributed by atoms with van der Waals surface area (Å²) in [6.07, 6.45) is 17.9. The van der Waals surface area contributed by atoms with Crippen molar-refractivity contribution in [1.29, 1.82) is 0 Å². The minimum Gasteiger partial charge on any atom is -0.303 e. The van der Waals surface area contributed by atoms with Gasteiger partial charge in [0.2, 0.25) is 0 Å². The fourth-order valence-corrected chi connectivity index (χ4v) is 7.93. The second kappa shape index (κ2) is 16.0. The Morgan fingerprint density at radius 3 is 1.09 bits per heavy atom.